The summed E-state index contributed by atoms with van der Waals surface area (Å²) in [7, 11) is -3.78. The maximum absolute atomic E-state index is 14.9. The van der Waals surface area contributed by atoms with Crippen LogP contribution < -0.4 is 4.72 Å². The first-order valence-corrected chi connectivity index (χ1v) is 14.3. The molecule has 2 aliphatic rings. The molecule has 1 saturated heterocycles. The van der Waals surface area contributed by atoms with E-state index in [4.69, 9.17) is 23.2 Å². The molecule has 0 radical (unpaired) electrons. The minimum atomic E-state index is -3.78. The van der Waals surface area contributed by atoms with Crippen LogP contribution in [-0.4, -0.2) is 56.1 Å². The lowest BCUT2D eigenvalue weighted by Gasteiger charge is -2.43. The Morgan fingerprint density at radius 1 is 1.14 bits per heavy atom. The van der Waals surface area contributed by atoms with Gasteiger partial charge in [0, 0.05) is 48.3 Å². The van der Waals surface area contributed by atoms with E-state index in [2.05, 4.69) is 23.6 Å². The lowest BCUT2D eigenvalue weighted by molar-refractivity contribution is 0.0503. The molecule has 1 N–H and O–H groups in total. The molecule has 0 bridgehead atoms. The molecule has 0 unspecified atom stereocenters. The van der Waals surface area contributed by atoms with Crippen LogP contribution in [0.15, 0.2) is 30.3 Å². The summed E-state index contributed by atoms with van der Waals surface area (Å²) in [6.45, 7) is 7.35. The lowest BCUT2D eigenvalue weighted by atomic mass is 9.97. The third-order valence-corrected chi connectivity index (χ3v) is 7.78. The van der Waals surface area contributed by atoms with Crippen LogP contribution in [0.3, 0.4) is 0 Å². The van der Waals surface area contributed by atoms with E-state index < -0.39 is 21.7 Å². The first-order chi connectivity index (χ1) is 16.4. The van der Waals surface area contributed by atoms with Crippen LogP contribution in [0, 0.1) is 5.82 Å². The van der Waals surface area contributed by atoms with Crippen LogP contribution in [0.4, 0.5) is 4.39 Å². The number of hydrogen-bond acceptors (Lipinski definition) is 5. The van der Waals surface area contributed by atoms with Crippen LogP contribution in [0.2, 0.25) is 10.0 Å². The minimum absolute atomic E-state index is 0.149. The van der Waals surface area contributed by atoms with Crippen molar-refractivity contribution in [3.63, 3.8) is 0 Å². The number of piperazine rings is 1. The summed E-state index contributed by atoms with van der Waals surface area (Å²) >= 11 is 12.4. The predicted octanol–water partition coefficient (Wildman–Crippen LogP) is 4.97. The number of amides is 1. The number of nitrogens with one attached hydrogen (secondary N) is 1. The first-order valence-electron chi connectivity index (χ1n) is 11.7. The van der Waals surface area contributed by atoms with E-state index >= 15 is 0 Å². The molecule has 1 aliphatic heterocycles. The molecule has 1 amide bonds. The highest BCUT2D eigenvalue weighted by Crippen LogP contribution is 2.43. The number of hydrogen-bond donors (Lipinski definition) is 1. The van der Waals surface area contributed by atoms with Crippen LogP contribution in [-0.2, 0) is 16.6 Å². The molecule has 0 spiro atoms. The van der Waals surface area contributed by atoms with Crippen molar-refractivity contribution in [2.45, 2.75) is 51.2 Å². The van der Waals surface area contributed by atoms with Crippen molar-refractivity contribution < 1.29 is 17.6 Å². The number of nitrogens with zero attached hydrogens (tertiary/aromatic N) is 2. The van der Waals surface area contributed by atoms with Gasteiger partial charge in [0.1, 0.15) is 5.82 Å². The third kappa shape index (κ3) is 6.54. The number of rotatable bonds is 7. The molecule has 2 atom stereocenters. The Bertz CT molecular complexity index is 1220. The topological polar surface area (TPSA) is 69.7 Å². The van der Waals surface area contributed by atoms with Crippen molar-refractivity contribution in [2.24, 2.45) is 0 Å². The van der Waals surface area contributed by atoms with Crippen LogP contribution in [0.25, 0.3) is 0 Å². The van der Waals surface area contributed by atoms with Gasteiger partial charge in [0.2, 0.25) is 10.0 Å². The van der Waals surface area contributed by atoms with Crippen molar-refractivity contribution in [3.8, 4) is 0 Å². The fourth-order valence-electron chi connectivity index (χ4n) is 4.95. The normalized spacial score (nSPS) is 20.6. The molecule has 4 rings (SSSR count). The molecule has 190 valence electrons. The fourth-order valence-corrected chi connectivity index (χ4v) is 5.94. The number of carbonyl (C=O) groups excluding carboxylic acids is 1. The Morgan fingerprint density at radius 3 is 2.37 bits per heavy atom. The number of benzene rings is 2. The second kappa shape index (κ2) is 10.3. The zero-order chi connectivity index (χ0) is 25.5. The molecular formula is C25H30Cl2FN3O3S. The van der Waals surface area contributed by atoms with Gasteiger partial charge in [-0.1, -0.05) is 23.2 Å². The first kappa shape index (κ1) is 26.4. The number of sulfonamides is 1. The van der Waals surface area contributed by atoms with E-state index in [9.17, 15) is 17.6 Å². The van der Waals surface area contributed by atoms with Gasteiger partial charge in [-0.25, -0.2) is 17.5 Å². The summed E-state index contributed by atoms with van der Waals surface area (Å²) < 4.78 is 39.6. The maximum Gasteiger partial charge on any atom is 0.267 e. The van der Waals surface area contributed by atoms with Crippen molar-refractivity contribution in [2.75, 3.05) is 25.9 Å². The predicted molar refractivity (Wildman–Crippen MR) is 137 cm³/mol. The minimum Gasteiger partial charge on any atom is -0.296 e. The van der Waals surface area contributed by atoms with Crippen molar-refractivity contribution in [3.05, 3.63) is 68.4 Å². The number of halogens is 3. The molecule has 0 aromatic heterocycles. The summed E-state index contributed by atoms with van der Waals surface area (Å²) in [6, 6.07) is 8.97. The standard InChI is InChI=1S/C25H30Cl2FN3O3S/c1-15-13-30(6-7-31(15)16(2)18-8-20(26)11-21(27)9-18)14-19-10-24(28)23(12-22(19)17-4-5-17)25(32)29-35(3,33)34/h8-12,15-17H,4-7,13-14H2,1-3H3,(H,29,32)/t15-,16+/m1/s1. The zero-order valence-corrected chi connectivity index (χ0v) is 22.4. The highest BCUT2D eigenvalue weighted by atomic mass is 35.5. The van der Waals surface area contributed by atoms with E-state index in [0.717, 1.165) is 55.4 Å². The Balaban J connectivity index is 1.48. The molecule has 2 aromatic rings. The molecule has 6 nitrogen and oxygen atoms in total. The van der Waals surface area contributed by atoms with Crippen molar-refractivity contribution in [1.29, 1.82) is 0 Å². The monoisotopic (exact) mass is 541 g/mol. The van der Waals surface area contributed by atoms with Gasteiger partial charge in [-0.15, -0.1) is 0 Å². The van der Waals surface area contributed by atoms with Crippen LogP contribution in [0.1, 0.15) is 65.7 Å². The third-order valence-electron chi connectivity index (χ3n) is 6.79. The molecule has 10 heteroatoms. The maximum atomic E-state index is 14.9. The zero-order valence-electron chi connectivity index (χ0n) is 20.0. The smallest absolute Gasteiger partial charge is 0.267 e. The number of carbonyl (C=O) groups is 1. The average molecular weight is 543 g/mol. The summed E-state index contributed by atoms with van der Waals surface area (Å²) in [6.07, 6.45) is 2.84. The molecule has 2 aromatic carbocycles. The molecule has 1 saturated carbocycles. The van der Waals surface area contributed by atoms with Crippen molar-refractivity contribution in [1.82, 2.24) is 14.5 Å². The van der Waals surface area contributed by atoms with Crippen molar-refractivity contribution >= 4 is 39.1 Å². The summed E-state index contributed by atoms with van der Waals surface area (Å²) in [5.41, 5.74) is 2.63. The van der Waals surface area contributed by atoms with E-state index in [-0.39, 0.29) is 23.6 Å². The molecule has 2 fully saturated rings. The largest absolute Gasteiger partial charge is 0.296 e. The molecule has 1 heterocycles. The Hall–Kier alpha value is -1.71. The van der Waals surface area contributed by atoms with E-state index in [1.54, 1.807) is 6.07 Å². The van der Waals surface area contributed by atoms with Gasteiger partial charge in [0.25, 0.3) is 5.91 Å². The SMILES string of the molecule is C[C@@H]1CN(Cc2cc(F)c(C(=O)NS(C)(=O)=O)cc2C2CC2)CCN1[C@@H](C)c1cc(Cl)cc(Cl)c1. The second-order valence-corrected chi connectivity index (χ2v) is 12.3. The highest BCUT2D eigenvalue weighted by Gasteiger charge is 2.32. The molecule has 1 aliphatic carbocycles. The van der Waals surface area contributed by atoms with Gasteiger partial charge >= 0.3 is 0 Å². The summed E-state index contributed by atoms with van der Waals surface area (Å²) in [5.74, 6) is -1.36. The quantitative estimate of drug-likeness (QED) is 0.536. The van der Waals surface area contributed by atoms with E-state index in [0.29, 0.717) is 16.6 Å². The summed E-state index contributed by atoms with van der Waals surface area (Å²) in [5, 5.41) is 1.24. The molecule has 35 heavy (non-hydrogen) atoms. The van der Waals surface area contributed by atoms with E-state index in [1.165, 1.54) is 12.1 Å². The van der Waals surface area contributed by atoms with Crippen LogP contribution >= 0.6 is 23.2 Å². The Kier molecular flexibility index (Phi) is 7.79. The second-order valence-electron chi connectivity index (χ2n) is 9.71. The van der Waals surface area contributed by atoms with Crippen LogP contribution in [0.5, 0.6) is 0 Å². The van der Waals surface area contributed by atoms with Gasteiger partial charge in [0.15, 0.2) is 0 Å². The Labute approximate surface area is 216 Å². The summed E-state index contributed by atoms with van der Waals surface area (Å²) in [4.78, 5) is 17.0. The van der Waals surface area contributed by atoms with E-state index in [1.807, 2.05) is 16.9 Å². The van der Waals surface area contributed by atoms with Gasteiger partial charge in [0.05, 0.1) is 11.8 Å². The van der Waals surface area contributed by atoms with Gasteiger partial charge in [-0.3, -0.25) is 14.6 Å². The average Bonchev–Trinajstić information content (AvgIpc) is 3.57. The fraction of sp³-hybridized carbons (Fsp3) is 0.480. The Morgan fingerprint density at radius 2 is 1.80 bits per heavy atom. The molecular weight excluding hydrogens is 512 g/mol. The van der Waals surface area contributed by atoms with Gasteiger partial charge in [-0.2, -0.15) is 0 Å². The van der Waals surface area contributed by atoms with Gasteiger partial charge < -0.3 is 0 Å². The van der Waals surface area contributed by atoms with Gasteiger partial charge in [-0.05, 0) is 79.6 Å². The highest BCUT2D eigenvalue weighted by molar-refractivity contribution is 7.89. The lowest BCUT2D eigenvalue weighted by Crippen LogP contribution is -2.52.